The van der Waals surface area contributed by atoms with Gasteiger partial charge >= 0.3 is 0 Å². The van der Waals surface area contributed by atoms with Crippen LogP contribution in [0, 0.1) is 6.92 Å². The van der Waals surface area contributed by atoms with Crippen LogP contribution in [0.4, 0.5) is 0 Å². The Bertz CT molecular complexity index is 572. The normalized spacial score (nSPS) is 12.7. The van der Waals surface area contributed by atoms with E-state index in [2.05, 4.69) is 43.2 Å². The fourth-order valence-electron chi connectivity index (χ4n) is 2.39. The summed E-state index contributed by atoms with van der Waals surface area (Å²) in [7, 11) is 0. The molecule has 1 unspecified atom stereocenters. The predicted molar refractivity (Wildman–Crippen MR) is 84.1 cm³/mol. The minimum absolute atomic E-state index is 0.0557. The van der Waals surface area contributed by atoms with E-state index in [0.29, 0.717) is 6.42 Å². The van der Waals surface area contributed by atoms with Gasteiger partial charge in [0, 0.05) is 19.0 Å². The minimum Gasteiger partial charge on any atom is -0.324 e. The first-order chi connectivity index (χ1) is 9.56. The summed E-state index contributed by atoms with van der Waals surface area (Å²) in [5, 5.41) is 5.17. The van der Waals surface area contributed by atoms with Gasteiger partial charge in [0.1, 0.15) is 0 Å². The van der Waals surface area contributed by atoms with Crippen molar-refractivity contribution in [3.05, 3.63) is 51.8 Å². The molecule has 0 radical (unpaired) electrons. The van der Waals surface area contributed by atoms with Crippen molar-refractivity contribution in [2.24, 2.45) is 5.73 Å². The molecule has 2 rings (SSSR count). The Labute approximate surface area is 125 Å². The van der Waals surface area contributed by atoms with Gasteiger partial charge < -0.3 is 5.73 Å². The van der Waals surface area contributed by atoms with Gasteiger partial charge in [0.25, 0.3) is 0 Å². The molecule has 1 aromatic heterocycles. The molecule has 0 bridgehead atoms. The number of halogens is 1. The minimum atomic E-state index is -0.0557. The number of nitrogens with zero attached hydrogens (tertiary/aromatic N) is 2. The van der Waals surface area contributed by atoms with Crippen molar-refractivity contribution < 1.29 is 0 Å². The number of rotatable bonds is 5. The summed E-state index contributed by atoms with van der Waals surface area (Å²) in [6, 6.07) is 8.44. The lowest BCUT2D eigenvalue weighted by Crippen LogP contribution is -2.16. The van der Waals surface area contributed by atoms with Gasteiger partial charge in [-0.25, -0.2) is 0 Å². The standard InChI is InChI=1S/C16H22ClN3/c1-4-12-6-8-13(9-7-12)14(18)10-15-16(17)11(3)19-20(15)5-2/h6-9,14H,4-5,10,18H2,1-3H3. The lowest BCUT2D eigenvalue weighted by molar-refractivity contribution is 0.587. The van der Waals surface area contributed by atoms with E-state index in [1.807, 2.05) is 11.6 Å². The van der Waals surface area contributed by atoms with Crippen LogP contribution in [0.1, 0.15) is 42.4 Å². The van der Waals surface area contributed by atoms with Crippen molar-refractivity contribution >= 4 is 11.6 Å². The van der Waals surface area contributed by atoms with Crippen LogP contribution in [0.15, 0.2) is 24.3 Å². The van der Waals surface area contributed by atoms with E-state index >= 15 is 0 Å². The molecule has 0 aliphatic carbocycles. The third-order valence-electron chi connectivity index (χ3n) is 3.68. The monoisotopic (exact) mass is 291 g/mol. The highest BCUT2D eigenvalue weighted by atomic mass is 35.5. The number of benzene rings is 1. The molecule has 0 saturated carbocycles. The first-order valence-corrected chi connectivity index (χ1v) is 7.50. The molecule has 1 aromatic carbocycles. The summed E-state index contributed by atoms with van der Waals surface area (Å²) in [5.74, 6) is 0. The Kier molecular flexibility index (Phi) is 4.84. The van der Waals surface area contributed by atoms with Gasteiger partial charge in [0.15, 0.2) is 0 Å². The zero-order valence-corrected chi connectivity index (χ0v) is 13.1. The Morgan fingerprint density at radius 1 is 1.25 bits per heavy atom. The summed E-state index contributed by atoms with van der Waals surface area (Å²) in [5.41, 5.74) is 10.7. The number of hydrogen-bond donors (Lipinski definition) is 1. The van der Waals surface area contributed by atoms with Crippen molar-refractivity contribution in [2.75, 3.05) is 0 Å². The Balaban J connectivity index is 2.20. The van der Waals surface area contributed by atoms with Crippen LogP contribution in [-0.2, 0) is 19.4 Å². The molecular weight excluding hydrogens is 270 g/mol. The summed E-state index contributed by atoms with van der Waals surface area (Å²) in [6.45, 7) is 6.95. The van der Waals surface area contributed by atoms with Gasteiger partial charge in [0.2, 0.25) is 0 Å². The first kappa shape index (κ1) is 15.1. The second-order valence-electron chi connectivity index (χ2n) is 5.07. The fourth-order valence-corrected chi connectivity index (χ4v) is 2.60. The second kappa shape index (κ2) is 6.42. The van der Waals surface area contributed by atoms with Gasteiger partial charge in [-0.3, -0.25) is 4.68 Å². The molecule has 3 nitrogen and oxygen atoms in total. The van der Waals surface area contributed by atoms with Crippen LogP contribution in [0.25, 0.3) is 0 Å². The quantitative estimate of drug-likeness (QED) is 0.913. The van der Waals surface area contributed by atoms with E-state index in [9.17, 15) is 0 Å². The van der Waals surface area contributed by atoms with Crippen molar-refractivity contribution in [3.8, 4) is 0 Å². The summed E-state index contributed by atoms with van der Waals surface area (Å²) in [6.07, 6.45) is 1.75. The van der Waals surface area contributed by atoms with Gasteiger partial charge in [-0.1, -0.05) is 42.8 Å². The van der Waals surface area contributed by atoms with Crippen molar-refractivity contribution in [2.45, 2.75) is 46.2 Å². The highest BCUT2D eigenvalue weighted by Crippen LogP contribution is 2.25. The maximum atomic E-state index is 6.33. The van der Waals surface area contributed by atoms with Crippen LogP contribution >= 0.6 is 11.6 Å². The highest BCUT2D eigenvalue weighted by molar-refractivity contribution is 6.31. The Morgan fingerprint density at radius 2 is 1.90 bits per heavy atom. The van der Waals surface area contributed by atoms with Crippen LogP contribution in [-0.4, -0.2) is 9.78 Å². The first-order valence-electron chi connectivity index (χ1n) is 7.13. The largest absolute Gasteiger partial charge is 0.324 e. The summed E-state index contributed by atoms with van der Waals surface area (Å²) in [4.78, 5) is 0. The molecule has 0 amide bonds. The number of aryl methyl sites for hydroxylation is 3. The molecule has 0 aliphatic heterocycles. The van der Waals surface area contributed by atoms with Gasteiger partial charge in [-0.2, -0.15) is 5.10 Å². The second-order valence-corrected chi connectivity index (χ2v) is 5.45. The molecule has 0 aliphatic rings. The Morgan fingerprint density at radius 3 is 2.45 bits per heavy atom. The summed E-state index contributed by atoms with van der Waals surface area (Å²) < 4.78 is 1.94. The SMILES string of the molecule is CCc1ccc(C(N)Cc2c(Cl)c(C)nn2CC)cc1. The number of aromatic nitrogens is 2. The number of nitrogens with two attached hydrogens (primary N) is 1. The molecule has 0 saturated heterocycles. The van der Waals surface area contributed by atoms with E-state index in [0.717, 1.165) is 34.9 Å². The lowest BCUT2D eigenvalue weighted by atomic mass is 10.0. The maximum Gasteiger partial charge on any atom is 0.0847 e. The third-order valence-corrected chi connectivity index (χ3v) is 4.17. The van der Waals surface area contributed by atoms with Gasteiger partial charge in [0.05, 0.1) is 16.4 Å². The van der Waals surface area contributed by atoms with Crippen LogP contribution in [0.3, 0.4) is 0 Å². The van der Waals surface area contributed by atoms with Crippen LogP contribution < -0.4 is 5.73 Å². The Hall–Kier alpha value is -1.32. The summed E-state index contributed by atoms with van der Waals surface area (Å²) >= 11 is 6.33. The molecule has 0 fully saturated rings. The average Bonchev–Trinajstić information content (AvgIpc) is 2.75. The van der Waals surface area contributed by atoms with Crippen molar-refractivity contribution in [1.29, 1.82) is 0 Å². The van der Waals surface area contributed by atoms with E-state index in [1.165, 1.54) is 5.56 Å². The van der Waals surface area contributed by atoms with Crippen LogP contribution in [0.2, 0.25) is 5.02 Å². The van der Waals surface area contributed by atoms with E-state index in [-0.39, 0.29) is 6.04 Å². The van der Waals surface area contributed by atoms with E-state index in [4.69, 9.17) is 17.3 Å². The molecule has 4 heteroatoms. The smallest absolute Gasteiger partial charge is 0.0847 e. The average molecular weight is 292 g/mol. The fraction of sp³-hybridized carbons (Fsp3) is 0.438. The lowest BCUT2D eigenvalue weighted by Gasteiger charge is -2.14. The zero-order chi connectivity index (χ0) is 14.7. The molecule has 2 aromatic rings. The molecule has 2 N–H and O–H groups in total. The molecule has 0 spiro atoms. The molecule has 108 valence electrons. The molecule has 20 heavy (non-hydrogen) atoms. The molecule has 1 atom stereocenters. The van der Waals surface area contributed by atoms with Crippen molar-refractivity contribution in [1.82, 2.24) is 9.78 Å². The third kappa shape index (κ3) is 3.05. The van der Waals surface area contributed by atoms with Gasteiger partial charge in [-0.15, -0.1) is 0 Å². The van der Waals surface area contributed by atoms with Gasteiger partial charge in [-0.05, 0) is 31.4 Å². The van der Waals surface area contributed by atoms with Crippen LogP contribution in [0.5, 0.6) is 0 Å². The zero-order valence-electron chi connectivity index (χ0n) is 12.4. The number of hydrogen-bond acceptors (Lipinski definition) is 2. The molecular formula is C16H22ClN3. The highest BCUT2D eigenvalue weighted by Gasteiger charge is 2.16. The predicted octanol–water partition coefficient (Wildman–Crippen LogP) is 3.67. The van der Waals surface area contributed by atoms with E-state index in [1.54, 1.807) is 0 Å². The van der Waals surface area contributed by atoms with E-state index < -0.39 is 0 Å². The maximum absolute atomic E-state index is 6.33. The topological polar surface area (TPSA) is 43.8 Å². The molecule has 1 heterocycles. The van der Waals surface area contributed by atoms with Crippen molar-refractivity contribution in [3.63, 3.8) is 0 Å².